The Hall–Kier alpha value is -2.55. The van der Waals surface area contributed by atoms with Crippen LogP contribution in [0.1, 0.15) is 29.3 Å². The largest absolute Gasteiger partial charge is 0.496 e. The van der Waals surface area contributed by atoms with Crippen molar-refractivity contribution in [3.63, 3.8) is 0 Å². The van der Waals surface area contributed by atoms with Crippen LogP contribution in [0.2, 0.25) is 0 Å². The first-order valence-electron chi connectivity index (χ1n) is 6.88. The molecule has 0 saturated heterocycles. The van der Waals surface area contributed by atoms with Gasteiger partial charge < -0.3 is 14.4 Å². The minimum Gasteiger partial charge on any atom is -0.496 e. The molecule has 1 aromatic carbocycles. The summed E-state index contributed by atoms with van der Waals surface area (Å²) in [7, 11) is 3.09. The summed E-state index contributed by atoms with van der Waals surface area (Å²) in [5, 5.41) is 8.52. The van der Waals surface area contributed by atoms with Gasteiger partial charge in [0.2, 0.25) is 0 Å². The van der Waals surface area contributed by atoms with Crippen LogP contribution in [0.25, 0.3) is 0 Å². The van der Waals surface area contributed by atoms with Crippen molar-refractivity contribution in [1.29, 1.82) is 5.26 Å². The van der Waals surface area contributed by atoms with Gasteiger partial charge in [0.25, 0.3) is 5.91 Å². The van der Waals surface area contributed by atoms with Crippen molar-refractivity contribution in [2.45, 2.75) is 26.4 Å². The molecule has 0 N–H and O–H groups in total. The van der Waals surface area contributed by atoms with Gasteiger partial charge in [-0.05, 0) is 31.5 Å². The van der Waals surface area contributed by atoms with Gasteiger partial charge in [-0.15, -0.1) is 0 Å². The maximum absolute atomic E-state index is 12.1. The molecule has 0 fully saturated rings. The van der Waals surface area contributed by atoms with Crippen molar-refractivity contribution in [1.82, 2.24) is 4.90 Å². The van der Waals surface area contributed by atoms with Gasteiger partial charge in [0.05, 0.1) is 25.2 Å². The van der Waals surface area contributed by atoms with E-state index in [4.69, 9.17) is 14.7 Å². The van der Waals surface area contributed by atoms with E-state index < -0.39 is 12.1 Å². The van der Waals surface area contributed by atoms with Crippen LogP contribution < -0.4 is 4.74 Å². The summed E-state index contributed by atoms with van der Waals surface area (Å²) in [4.78, 5) is 25.5. The number of aryl methyl sites for hydroxylation is 1. The first-order chi connectivity index (χ1) is 10.4. The second kappa shape index (κ2) is 8.03. The van der Waals surface area contributed by atoms with Crippen molar-refractivity contribution in [3.8, 4) is 11.8 Å². The van der Waals surface area contributed by atoms with Crippen molar-refractivity contribution >= 4 is 11.9 Å². The number of methoxy groups -OCH3 is 1. The SMILES string of the molecule is COc1cc(C(=O)O[C@H](C)C(=O)N(C)CCC#N)ccc1C. The maximum Gasteiger partial charge on any atom is 0.339 e. The third-order valence-corrected chi connectivity index (χ3v) is 3.21. The summed E-state index contributed by atoms with van der Waals surface area (Å²) in [6.07, 6.45) is -0.679. The average molecular weight is 304 g/mol. The second-order valence-corrected chi connectivity index (χ2v) is 4.90. The molecular weight excluding hydrogens is 284 g/mol. The summed E-state index contributed by atoms with van der Waals surface area (Å²) in [5.41, 5.74) is 1.22. The third-order valence-electron chi connectivity index (χ3n) is 3.21. The van der Waals surface area contributed by atoms with Crippen LogP contribution >= 0.6 is 0 Å². The van der Waals surface area contributed by atoms with Gasteiger partial charge >= 0.3 is 5.97 Å². The van der Waals surface area contributed by atoms with E-state index in [-0.39, 0.29) is 12.3 Å². The van der Waals surface area contributed by atoms with Crippen molar-refractivity contribution in [3.05, 3.63) is 29.3 Å². The number of carbonyl (C=O) groups is 2. The minimum atomic E-state index is -0.913. The Bertz CT molecular complexity index is 592. The average Bonchev–Trinajstić information content (AvgIpc) is 2.51. The van der Waals surface area contributed by atoms with Crippen LogP contribution in [0.15, 0.2) is 18.2 Å². The fourth-order valence-corrected chi connectivity index (χ4v) is 1.86. The third kappa shape index (κ3) is 4.48. The zero-order valence-electron chi connectivity index (χ0n) is 13.3. The lowest BCUT2D eigenvalue weighted by atomic mass is 10.1. The summed E-state index contributed by atoms with van der Waals surface area (Å²) in [5.74, 6) is -0.352. The molecule has 0 aliphatic rings. The van der Waals surface area contributed by atoms with Crippen LogP contribution in [0, 0.1) is 18.3 Å². The Morgan fingerprint density at radius 3 is 2.68 bits per heavy atom. The lowest BCUT2D eigenvalue weighted by Crippen LogP contribution is -2.37. The van der Waals surface area contributed by atoms with E-state index in [2.05, 4.69) is 0 Å². The number of esters is 1. The Morgan fingerprint density at radius 2 is 2.09 bits per heavy atom. The molecule has 0 aliphatic carbocycles. The number of hydrogen-bond donors (Lipinski definition) is 0. The number of hydrogen-bond acceptors (Lipinski definition) is 5. The number of likely N-dealkylation sites (N-methyl/N-ethyl adjacent to an activating group) is 1. The maximum atomic E-state index is 12.1. The predicted octanol–water partition coefficient (Wildman–Crippen LogP) is 1.92. The highest BCUT2D eigenvalue weighted by Crippen LogP contribution is 2.19. The van der Waals surface area contributed by atoms with Gasteiger partial charge in [-0.2, -0.15) is 5.26 Å². The van der Waals surface area contributed by atoms with Gasteiger partial charge in [-0.3, -0.25) is 4.79 Å². The lowest BCUT2D eigenvalue weighted by Gasteiger charge is -2.20. The summed E-state index contributed by atoms with van der Waals surface area (Å²) in [6, 6.07) is 6.91. The predicted molar refractivity (Wildman–Crippen MR) is 80.5 cm³/mol. The van der Waals surface area contributed by atoms with Gasteiger partial charge in [0.15, 0.2) is 6.10 Å². The normalized spacial score (nSPS) is 11.2. The molecule has 0 bridgehead atoms. The molecule has 0 aliphatic heterocycles. The van der Waals surface area contributed by atoms with E-state index in [0.717, 1.165) is 5.56 Å². The van der Waals surface area contributed by atoms with Gasteiger partial charge in [0, 0.05) is 13.6 Å². The Balaban J connectivity index is 2.71. The van der Waals surface area contributed by atoms with Crippen molar-refractivity contribution in [2.24, 2.45) is 0 Å². The molecule has 0 aromatic heterocycles. The number of rotatable bonds is 6. The highest BCUT2D eigenvalue weighted by atomic mass is 16.5. The van der Waals surface area contributed by atoms with Crippen molar-refractivity contribution < 1.29 is 19.1 Å². The smallest absolute Gasteiger partial charge is 0.339 e. The first kappa shape index (κ1) is 17.5. The Kier molecular flexibility index (Phi) is 6.39. The zero-order chi connectivity index (χ0) is 16.7. The lowest BCUT2D eigenvalue weighted by molar-refractivity contribution is -0.138. The fourth-order valence-electron chi connectivity index (χ4n) is 1.86. The van der Waals surface area contributed by atoms with Crippen LogP contribution in [-0.2, 0) is 9.53 Å². The van der Waals surface area contributed by atoms with Gasteiger partial charge in [0.1, 0.15) is 5.75 Å². The molecule has 1 aromatic rings. The van der Waals surface area contributed by atoms with E-state index in [1.54, 1.807) is 25.2 Å². The Labute approximate surface area is 130 Å². The molecule has 1 atom stereocenters. The molecule has 0 radical (unpaired) electrons. The monoisotopic (exact) mass is 304 g/mol. The number of carbonyl (C=O) groups excluding carboxylic acids is 2. The molecule has 1 amide bonds. The molecular formula is C16H20N2O4. The second-order valence-electron chi connectivity index (χ2n) is 4.90. The number of benzene rings is 1. The molecule has 1 rings (SSSR count). The quantitative estimate of drug-likeness (QED) is 0.750. The number of nitriles is 1. The van der Waals surface area contributed by atoms with Crippen molar-refractivity contribution in [2.75, 3.05) is 20.7 Å². The molecule has 0 saturated carbocycles. The number of nitrogens with zero attached hydrogens (tertiary/aromatic N) is 2. The Morgan fingerprint density at radius 1 is 1.41 bits per heavy atom. The van der Waals surface area contributed by atoms with E-state index in [0.29, 0.717) is 17.9 Å². The highest BCUT2D eigenvalue weighted by Gasteiger charge is 2.22. The molecule has 118 valence electrons. The van der Waals surface area contributed by atoms with Gasteiger partial charge in [-0.1, -0.05) is 6.07 Å². The molecule has 0 spiro atoms. The van der Waals surface area contributed by atoms with Crippen LogP contribution in [-0.4, -0.2) is 43.6 Å². The topological polar surface area (TPSA) is 79.6 Å². The number of ether oxygens (including phenoxy) is 2. The summed E-state index contributed by atoms with van der Waals surface area (Å²) in [6.45, 7) is 3.67. The first-order valence-corrected chi connectivity index (χ1v) is 6.88. The molecule has 0 unspecified atom stereocenters. The molecule has 22 heavy (non-hydrogen) atoms. The van der Waals surface area contributed by atoms with Crippen LogP contribution in [0.3, 0.4) is 0 Å². The number of amides is 1. The van der Waals surface area contributed by atoms with Crippen LogP contribution in [0.4, 0.5) is 0 Å². The molecule has 6 heteroatoms. The zero-order valence-corrected chi connectivity index (χ0v) is 13.3. The summed E-state index contributed by atoms with van der Waals surface area (Å²) >= 11 is 0. The standard InChI is InChI=1S/C16H20N2O4/c1-11-6-7-13(10-14(11)21-4)16(20)22-12(2)15(19)18(3)9-5-8-17/h6-7,10,12H,5,9H2,1-4H3/t12-/m1/s1. The minimum absolute atomic E-state index is 0.234. The van der Waals surface area contributed by atoms with E-state index in [1.807, 2.05) is 13.0 Å². The fraction of sp³-hybridized carbons (Fsp3) is 0.438. The molecule has 0 heterocycles. The van der Waals surface area contributed by atoms with E-state index in [1.165, 1.54) is 18.9 Å². The highest BCUT2D eigenvalue weighted by molar-refractivity contribution is 5.92. The molecule has 6 nitrogen and oxygen atoms in total. The summed E-state index contributed by atoms with van der Waals surface area (Å²) < 4.78 is 10.3. The van der Waals surface area contributed by atoms with Gasteiger partial charge in [-0.25, -0.2) is 4.79 Å². The van der Waals surface area contributed by atoms with E-state index >= 15 is 0 Å². The van der Waals surface area contributed by atoms with Crippen LogP contribution in [0.5, 0.6) is 5.75 Å². The van der Waals surface area contributed by atoms with E-state index in [9.17, 15) is 9.59 Å².